The van der Waals surface area contributed by atoms with Crippen molar-refractivity contribution in [3.63, 3.8) is 0 Å². The molecule has 0 aliphatic rings. The maximum Gasteiger partial charge on any atom is 0.261 e. The summed E-state index contributed by atoms with van der Waals surface area (Å²) in [7, 11) is 0. The first-order valence-corrected chi connectivity index (χ1v) is 10.1. The smallest absolute Gasteiger partial charge is 0.261 e. The minimum Gasteiger partial charge on any atom is -0.354 e. The number of nitrogens with zero attached hydrogens (tertiary/aromatic N) is 3. The Kier molecular flexibility index (Phi) is 6.95. The number of benzene rings is 2. The summed E-state index contributed by atoms with van der Waals surface area (Å²) in [5, 5.41) is 3.20. The number of hydrogen-bond acceptors (Lipinski definition) is 4. The standard InChI is InChI=1S/C23H26N4O3/c1-3-14-27(20-11-7-4-8-17(20)2)22(29)12-13-24-21(28)15-26-16-25-19-10-6-5-9-18(19)23(26)30/h4-11,16H,3,12-15H2,1-2H3,(H,24,28). The molecule has 0 aliphatic heterocycles. The summed E-state index contributed by atoms with van der Waals surface area (Å²) in [6.45, 7) is 4.69. The van der Waals surface area contributed by atoms with Gasteiger partial charge in [-0.25, -0.2) is 4.98 Å². The van der Waals surface area contributed by atoms with Crippen LogP contribution in [0.4, 0.5) is 5.69 Å². The van der Waals surface area contributed by atoms with E-state index in [1.165, 1.54) is 10.9 Å². The van der Waals surface area contributed by atoms with Gasteiger partial charge in [-0.15, -0.1) is 0 Å². The van der Waals surface area contributed by atoms with Crippen molar-refractivity contribution in [3.05, 3.63) is 70.8 Å². The lowest BCUT2D eigenvalue weighted by Gasteiger charge is -2.24. The fourth-order valence-corrected chi connectivity index (χ4v) is 3.34. The van der Waals surface area contributed by atoms with Crippen LogP contribution in [-0.2, 0) is 16.1 Å². The van der Waals surface area contributed by atoms with Crippen LogP contribution in [0.1, 0.15) is 25.3 Å². The lowest BCUT2D eigenvalue weighted by atomic mass is 10.1. The van der Waals surface area contributed by atoms with Gasteiger partial charge in [0, 0.05) is 25.2 Å². The molecule has 3 rings (SSSR count). The fourth-order valence-electron chi connectivity index (χ4n) is 3.34. The van der Waals surface area contributed by atoms with Crippen LogP contribution in [0.2, 0.25) is 0 Å². The molecule has 156 valence electrons. The Morgan fingerprint density at radius 1 is 1.10 bits per heavy atom. The van der Waals surface area contributed by atoms with Gasteiger partial charge in [0.25, 0.3) is 5.56 Å². The molecule has 7 heteroatoms. The zero-order chi connectivity index (χ0) is 21.5. The highest BCUT2D eigenvalue weighted by Gasteiger charge is 2.16. The summed E-state index contributed by atoms with van der Waals surface area (Å²) in [6.07, 6.45) is 2.39. The number of hydrogen-bond donors (Lipinski definition) is 1. The Balaban J connectivity index is 1.58. The number of nitrogens with one attached hydrogen (secondary N) is 1. The van der Waals surface area contributed by atoms with E-state index in [1.807, 2.05) is 44.2 Å². The number of fused-ring (bicyclic) bond motifs is 1. The van der Waals surface area contributed by atoms with Gasteiger partial charge in [-0.05, 0) is 37.1 Å². The molecular weight excluding hydrogens is 380 g/mol. The summed E-state index contributed by atoms with van der Waals surface area (Å²) in [4.78, 5) is 43.5. The first-order valence-electron chi connectivity index (χ1n) is 10.1. The van der Waals surface area contributed by atoms with Gasteiger partial charge in [0.1, 0.15) is 6.54 Å². The highest BCUT2D eigenvalue weighted by atomic mass is 16.2. The van der Waals surface area contributed by atoms with E-state index in [0.717, 1.165) is 17.7 Å². The van der Waals surface area contributed by atoms with E-state index in [1.54, 1.807) is 23.1 Å². The average Bonchev–Trinajstić information content (AvgIpc) is 2.75. The van der Waals surface area contributed by atoms with Crippen molar-refractivity contribution in [2.45, 2.75) is 33.2 Å². The molecule has 0 atom stereocenters. The van der Waals surface area contributed by atoms with Crippen molar-refractivity contribution in [3.8, 4) is 0 Å². The molecular formula is C23H26N4O3. The number of aryl methyl sites for hydroxylation is 1. The summed E-state index contributed by atoms with van der Waals surface area (Å²) >= 11 is 0. The van der Waals surface area contributed by atoms with Gasteiger partial charge in [0.2, 0.25) is 11.8 Å². The van der Waals surface area contributed by atoms with E-state index in [-0.39, 0.29) is 36.9 Å². The van der Waals surface area contributed by atoms with Crippen LogP contribution in [0.3, 0.4) is 0 Å². The van der Waals surface area contributed by atoms with Crippen molar-refractivity contribution >= 4 is 28.4 Å². The number of aromatic nitrogens is 2. The van der Waals surface area contributed by atoms with Gasteiger partial charge < -0.3 is 10.2 Å². The Morgan fingerprint density at radius 2 is 1.83 bits per heavy atom. The molecule has 2 amide bonds. The largest absolute Gasteiger partial charge is 0.354 e. The third-order valence-electron chi connectivity index (χ3n) is 4.86. The Hall–Kier alpha value is -3.48. The van der Waals surface area contributed by atoms with E-state index in [4.69, 9.17) is 0 Å². The second kappa shape index (κ2) is 9.82. The minimum atomic E-state index is -0.333. The lowest BCUT2D eigenvalue weighted by molar-refractivity contribution is -0.122. The molecule has 1 heterocycles. The quantitative estimate of drug-likeness (QED) is 0.623. The van der Waals surface area contributed by atoms with Crippen molar-refractivity contribution < 1.29 is 9.59 Å². The third-order valence-corrected chi connectivity index (χ3v) is 4.86. The highest BCUT2D eigenvalue weighted by molar-refractivity contribution is 5.94. The van der Waals surface area contributed by atoms with Crippen molar-refractivity contribution in [2.75, 3.05) is 18.0 Å². The molecule has 0 saturated heterocycles. The van der Waals surface area contributed by atoms with E-state index < -0.39 is 0 Å². The maximum absolute atomic E-state index is 12.7. The molecule has 0 saturated carbocycles. The molecule has 0 fully saturated rings. The molecule has 1 aromatic heterocycles. The highest BCUT2D eigenvalue weighted by Crippen LogP contribution is 2.20. The average molecular weight is 406 g/mol. The van der Waals surface area contributed by atoms with Crippen molar-refractivity contribution in [1.82, 2.24) is 14.9 Å². The predicted octanol–water partition coefficient (Wildman–Crippen LogP) is 2.65. The summed E-state index contributed by atoms with van der Waals surface area (Å²) < 4.78 is 1.27. The normalized spacial score (nSPS) is 10.7. The van der Waals surface area contributed by atoms with E-state index >= 15 is 0 Å². The summed E-state index contributed by atoms with van der Waals surface area (Å²) in [5.74, 6) is -0.379. The number of carbonyl (C=O) groups is 2. The van der Waals surface area contributed by atoms with E-state index in [0.29, 0.717) is 17.4 Å². The van der Waals surface area contributed by atoms with Crippen LogP contribution in [0.15, 0.2) is 59.7 Å². The van der Waals surface area contributed by atoms with Crippen molar-refractivity contribution in [2.24, 2.45) is 0 Å². The molecule has 30 heavy (non-hydrogen) atoms. The lowest BCUT2D eigenvalue weighted by Crippen LogP contribution is -2.37. The molecule has 0 spiro atoms. The SMILES string of the molecule is CCCN(C(=O)CCNC(=O)Cn1cnc2ccccc2c1=O)c1ccccc1C. The number of para-hydroxylation sites is 2. The van der Waals surface area contributed by atoms with Crippen LogP contribution >= 0.6 is 0 Å². The first-order chi connectivity index (χ1) is 14.5. The number of carbonyl (C=O) groups excluding carboxylic acids is 2. The molecule has 0 unspecified atom stereocenters. The molecule has 0 bridgehead atoms. The second-order valence-corrected chi connectivity index (χ2v) is 7.13. The van der Waals surface area contributed by atoms with Gasteiger partial charge >= 0.3 is 0 Å². The Bertz CT molecular complexity index is 1110. The van der Waals surface area contributed by atoms with Crippen LogP contribution in [0.5, 0.6) is 0 Å². The van der Waals surface area contributed by atoms with Gasteiger partial charge in [0.05, 0.1) is 17.2 Å². The van der Waals surface area contributed by atoms with Crippen LogP contribution < -0.4 is 15.8 Å². The van der Waals surface area contributed by atoms with Crippen LogP contribution in [0.25, 0.3) is 10.9 Å². The topological polar surface area (TPSA) is 84.3 Å². The van der Waals surface area contributed by atoms with Gasteiger partial charge in [0.15, 0.2) is 0 Å². The van der Waals surface area contributed by atoms with Crippen LogP contribution in [-0.4, -0.2) is 34.5 Å². The van der Waals surface area contributed by atoms with E-state index in [2.05, 4.69) is 10.3 Å². The zero-order valence-electron chi connectivity index (χ0n) is 17.3. The first kappa shape index (κ1) is 21.2. The Morgan fingerprint density at radius 3 is 2.60 bits per heavy atom. The van der Waals surface area contributed by atoms with Gasteiger partial charge in [-0.1, -0.05) is 37.3 Å². The molecule has 1 N–H and O–H groups in total. The zero-order valence-corrected chi connectivity index (χ0v) is 17.3. The number of amides is 2. The summed E-state index contributed by atoms with van der Waals surface area (Å²) in [5.41, 5.74) is 2.26. The number of anilines is 1. The monoisotopic (exact) mass is 406 g/mol. The Labute approximate surface area is 175 Å². The fraction of sp³-hybridized carbons (Fsp3) is 0.304. The van der Waals surface area contributed by atoms with E-state index in [9.17, 15) is 14.4 Å². The van der Waals surface area contributed by atoms with Crippen molar-refractivity contribution in [1.29, 1.82) is 0 Å². The summed E-state index contributed by atoms with van der Waals surface area (Å²) in [6, 6.07) is 14.8. The molecule has 3 aromatic rings. The predicted molar refractivity (Wildman–Crippen MR) is 117 cm³/mol. The van der Waals surface area contributed by atoms with Gasteiger partial charge in [-0.2, -0.15) is 0 Å². The number of rotatable bonds is 8. The molecule has 0 aliphatic carbocycles. The molecule has 0 radical (unpaired) electrons. The molecule has 2 aromatic carbocycles. The molecule has 7 nitrogen and oxygen atoms in total. The second-order valence-electron chi connectivity index (χ2n) is 7.13. The minimum absolute atomic E-state index is 0.0454. The third kappa shape index (κ3) is 4.92. The van der Waals surface area contributed by atoms with Gasteiger partial charge in [-0.3, -0.25) is 19.0 Å². The maximum atomic E-state index is 12.7. The van der Waals surface area contributed by atoms with Crippen LogP contribution in [0, 0.1) is 6.92 Å².